The van der Waals surface area contributed by atoms with Gasteiger partial charge in [0.2, 0.25) is 5.91 Å². The fourth-order valence-corrected chi connectivity index (χ4v) is 3.50. The van der Waals surface area contributed by atoms with E-state index in [0.29, 0.717) is 12.3 Å². The molecular weight excluding hydrogens is 260 g/mol. The summed E-state index contributed by atoms with van der Waals surface area (Å²) in [5, 5.41) is 0. The molecule has 0 radical (unpaired) electrons. The monoisotopic (exact) mass is 286 g/mol. The summed E-state index contributed by atoms with van der Waals surface area (Å²) in [6, 6.07) is 6.67. The molecule has 1 amide bonds. The summed E-state index contributed by atoms with van der Waals surface area (Å²) in [6.45, 7) is 7.09. The first-order valence-corrected chi connectivity index (χ1v) is 8.37. The van der Waals surface area contributed by atoms with Crippen LogP contribution in [0.25, 0.3) is 0 Å². The molecular formula is C18H26N2O. The van der Waals surface area contributed by atoms with Gasteiger partial charge in [-0.2, -0.15) is 0 Å². The molecule has 1 saturated heterocycles. The maximum atomic E-state index is 12.4. The number of hydrogen-bond donors (Lipinski definition) is 0. The van der Waals surface area contributed by atoms with Gasteiger partial charge in [0.25, 0.3) is 0 Å². The van der Waals surface area contributed by atoms with Gasteiger partial charge < -0.3 is 9.80 Å². The third-order valence-corrected chi connectivity index (χ3v) is 4.94. The Morgan fingerprint density at radius 2 is 1.76 bits per heavy atom. The van der Waals surface area contributed by atoms with Crippen LogP contribution in [0.15, 0.2) is 18.2 Å². The first-order valence-electron chi connectivity index (χ1n) is 8.37. The minimum absolute atomic E-state index is 0.293. The van der Waals surface area contributed by atoms with Gasteiger partial charge in [-0.05, 0) is 48.9 Å². The first kappa shape index (κ1) is 14.6. The summed E-state index contributed by atoms with van der Waals surface area (Å²) in [5.74, 6) is 0.293. The average molecular weight is 286 g/mol. The molecule has 0 aromatic heterocycles. The number of likely N-dealkylation sites (N-methyl/N-ethyl adjacent to an activating group) is 1. The van der Waals surface area contributed by atoms with E-state index in [2.05, 4.69) is 30.0 Å². The second-order valence-electron chi connectivity index (χ2n) is 6.30. The van der Waals surface area contributed by atoms with Crippen LogP contribution in [0, 0.1) is 0 Å². The Morgan fingerprint density at radius 3 is 2.48 bits per heavy atom. The predicted molar refractivity (Wildman–Crippen MR) is 85.5 cm³/mol. The summed E-state index contributed by atoms with van der Waals surface area (Å²) in [4.78, 5) is 16.9. The molecule has 0 N–H and O–H groups in total. The van der Waals surface area contributed by atoms with Crippen molar-refractivity contribution in [2.45, 2.75) is 39.0 Å². The molecule has 3 heteroatoms. The lowest BCUT2D eigenvalue weighted by atomic mass is 9.90. The van der Waals surface area contributed by atoms with E-state index in [9.17, 15) is 4.79 Å². The molecule has 0 saturated carbocycles. The number of carbonyl (C=O) groups excluding carboxylic acids is 1. The number of carbonyl (C=O) groups is 1. The van der Waals surface area contributed by atoms with E-state index in [0.717, 1.165) is 32.7 Å². The van der Waals surface area contributed by atoms with Gasteiger partial charge in [0.1, 0.15) is 0 Å². The van der Waals surface area contributed by atoms with Gasteiger partial charge in [-0.3, -0.25) is 4.79 Å². The Labute approximate surface area is 127 Å². The fourth-order valence-electron chi connectivity index (χ4n) is 3.50. The molecule has 0 bridgehead atoms. The average Bonchev–Trinajstić information content (AvgIpc) is 2.55. The largest absolute Gasteiger partial charge is 0.340 e. The van der Waals surface area contributed by atoms with Crippen LogP contribution >= 0.6 is 0 Å². The van der Waals surface area contributed by atoms with Crippen LogP contribution < -0.4 is 0 Å². The molecule has 0 spiro atoms. The van der Waals surface area contributed by atoms with E-state index < -0.39 is 0 Å². The Kier molecular flexibility index (Phi) is 4.59. The Bertz CT molecular complexity index is 504. The smallest absolute Gasteiger partial charge is 0.227 e. The third kappa shape index (κ3) is 3.46. The summed E-state index contributed by atoms with van der Waals surface area (Å²) in [7, 11) is 0. The minimum atomic E-state index is 0.293. The van der Waals surface area contributed by atoms with E-state index in [1.54, 1.807) is 0 Å². The highest BCUT2D eigenvalue weighted by atomic mass is 16.2. The second-order valence-corrected chi connectivity index (χ2v) is 6.30. The molecule has 0 atom stereocenters. The van der Waals surface area contributed by atoms with E-state index >= 15 is 0 Å². The van der Waals surface area contributed by atoms with Gasteiger partial charge in [0.15, 0.2) is 0 Å². The van der Waals surface area contributed by atoms with Crippen LogP contribution in [0.4, 0.5) is 0 Å². The summed E-state index contributed by atoms with van der Waals surface area (Å²) < 4.78 is 0. The number of fused-ring (bicyclic) bond motifs is 1. The van der Waals surface area contributed by atoms with Crippen LogP contribution in [0.1, 0.15) is 36.5 Å². The molecule has 0 unspecified atom stereocenters. The highest BCUT2D eigenvalue weighted by Gasteiger charge is 2.20. The lowest BCUT2D eigenvalue weighted by Crippen LogP contribution is -2.48. The lowest BCUT2D eigenvalue weighted by molar-refractivity contribution is -0.132. The van der Waals surface area contributed by atoms with Crippen molar-refractivity contribution >= 4 is 5.91 Å². The van der Waals surface area contributed by atoms with Crippen LogP contribution in [0.5, 0.6) is 0 Å². The van der Waals surface area contributed by atoms with Crippen LogP contribution in [0.3, 0.4) is 0 Å². The van der Waals surface area contributed by atoms with Crippen molar-refractivity contribution in [2.75, 3.05) is 32.7 Å². The molecule has 1 aliphatic carbocycles. The van der Waals surface area contributed by atoms with E-state index in [1.807, 2.05) is 4.90 Å². The number of rotatable bonds is 3. The van der Waals surface area contributed by atoms with E-state index in [1.165, 1.54) is 42.4 Å². The normalized spacial score (nSPS) is 19.4. The molecule has 1 aliphatic heterocycles. The number of benzene rings is 1. The lowest BCUT2D eigenvalue weighted by Gasteiger charge is -2.34. The number of hydrogen-bond acceptors (Lipinski definition) is 2. The highest BCUT2D eigenvalue weighted by Crippen LogP contribution is 2.22. The maximum Gasteiger partial charge on any atom is 0.227 e. The maximum absolute atomic E-state index is 12.4. The Balaban J connectivity index is 1.60. The zero-order valence-electron chi connectivity index (χ0n) is 13.1. The summed E-state index contributed by atoms with van der Waals surface area (Å²) >= 11 is 0. The van der Waals surface area contributed by atoms with E-state index in [4.69, 9.17) is 0 Å². The number of amides is 1. The molecule has 21 heavy (non-hydrogen) atoms. The van der Waals surface area contributed by atoms with Crippen molar-refractivity contribution in [1.82, 2.24) is 9.80 Å². The zero-order valence-corrected chi connectivity index (χ0v) is 13.1. The van der Waals surface area contributed by atoms with Gasteiger partial charge in [-0.15, -0.1) is 0 Å². The second kappa shape index (κ2) is 6.61. The highest BCUT2D eigenvalue weighted by molar-refractivity contribution is 5.79. The SMILES string of the molecule is CCN1CCN(C(=O)Cc2ccc3c(c2)CCCC3)CC1. The van der Waals surface area contributed by atoms with Crippen molar-refractivity contribution < 1.29 is 4.79 Å². The minimum Gasteiger partial charge on any atom is -0.340 e. The van der Waals surface area contributed by atoms with Crippen LogP contribution in [0.2, 0.25) is 0 Å². The van der Waals surface area contributed by atoms with Gasteiger partial charge in [0.05, 0.1) is 6.42 Å². The predicted octanol–water partition coefficient (Wildman–Crippen LogP) is 2.27. The Hall–Kier alpha value is -1.35. The quantitative estimate of drug-likeness (QED) is 0.851. The van der Waals surface area contributed by atoms with Gasteiger partial charge >= 0.3 is 0 Å². The zero-order chi connectivity index (χ0) is 14.7. The first-order chi connectivity index (χ1) is 10.3. The Morgan fingerprint density at radius 1 is 1.05 bits per heavy atom. The molecule has 1 aromatic carbocycles. The molecule has 3 rings (SSSR count). The van der Waals surface area contributed by atoms with Crippen molar-refractivity contribution in [3.8, 4) is 0 Å². The van der Waals surface area contributed by atoms with Crippen molar-refractivity contribution in [2.24, 2.45) is 0 Å². The van der Waals surface area contributed by atoms with Crippen molar-refractivity contribution in [3.63, 3.8) is 0 Å². The van der Waals surface area contributed by atoms with Crippen LogP contribution in [-0.4, -0.2) is 48.4 Å². The fraction of sp³-hybridized carbons (Fsp3) is 0.611. The summed E-state index contributed by atoms with van der Waals surface area (Å²) in [6.07, 6.45) is 5.57. The third-order valence-electron chi connectivity index (χ3n) is 4.94. The standard InChI is InChI=1S/C18H26N2O/c1-2-19-9-11-20(12-10-19)18(21)14-15-7-8-16-5-3-4-6-17(16)13-15/h7-8,13H,2-6,9-12,14H2,1H3. The van der Waals surface area contributed by atoms with Gasteiger partial charge in [-0.25, -0.2) is 0 Å². The number of piperazine rings is 1. The molecule has 1 heterocycles. The van der Waals surface area contributed by atoms with Crippen LogP contribution in [-0.2, 0) is 24.1 Å². The van der Waals surface area contributed by atoms with Crippen molar-refractivity contribution in [1.29, 1.82) is 0 Å². The molecule has 3 nitrogen and oxygen atoms in total. The molecule has 1 aromatic rings. The van der Waals surface area contributed by atoms with Crippen molar-refractivity contribution in [3.05, 3.63) is 34.9 Å². The molecule has 2 aliphatic rings. The number of nitrogens with zero attached hydrogens (tertiary/aromatic N) is 2. The van der Waals surface area contributed by atoms with E-state index in [-0.39, 0.29) is 0 Å². The van der Waals surface area contributed by atoms with Gasteiger partial charge in [0, 0.05) is 26.2 Å². The molecule has 114 valence electrons. The molecule has 1 fully saturated rings. The number of aryl methyl sites for hydroxylation is 2. The summed E-state index contributed by atoms with van der Waals surface area (Å²) in [5.41, 5.74) is 4.16. The topological polar surface area (TPSA) is 23.6 Å². The van der Waals surface area contributed by atoms with Gasteiger partial charge in [-0.1, -0.05) is 25.1 Å².